The number of amides is 1. The number of nitrogens with zero attached hydrogens (tertiary/aromatic N) is 3. The molecule has 0 atom stereocenters. The van der Waals surface area contributed by atoms with Crippen molar-refractivity contribution in [2.24, 2.45) is 0 Å². The number of benzene rings is 2. The van der Waals surface area contributed by atoms with Crippen molar-refractivity contribution >= 4 is 38.6 Å². The van der Waals surface area contributed by atoms with Gasteiger partial charge in [-0.05, 0) is 55.3 Å². The van der Waals surface area contributed by atoms with Gasteiger partial charge in [-0.1, -0.05) is 35.6 Å². The fraction of sp³-hybridized carbons (Fsp3) is 0.167. The van der Waals surface area contributed by atoms with E-state index in [9.17, 15) is 9.59 Å². The highest BCUT2D eigenvalue weighted by atomic mass is 32.1. The second-order valence-corrected chi connectivity index (χ2v) is 8.11. The number of aromatic nitrogens is 2. The van der Waals surface area contributed by atoms with E-state index in [1.807, 2.05) is 38.1 Å². The van der Waals surface area contributed by atoms with Crippen LogP contribution in [0.3, 0.4) is 0 Å². The molecular formula is C24H21N3O3S. The molecule has 7 heteroatoms. The first kappa shape index (κ1) is 20.7. The molecular weight excluding hydrogens is 410 g/mol. The molecule has 0 saturated carbocycles. The molecule has 0 N–H and O–H groups in total. The van der Waals surface area contributed by atoms with E-state index in [4.69, 9.17) is 9.72 Å². The first-order valence-electron chi connectivity index (χ1n) is 9.75. The van der Waals surface area contributed by atoms with Crippen molar-refractivity contribution in [3.63, 3.8) is 0 Å². The summed E-state index contributed by atoms with van der Waals surface area (Å²) >= 11 is 1.44. The van der Waals surface area contributed by atoms with Crippen LogP contribution in [-0.2, 0) is 11.3 Å². The molecule has 0 unspecified atom stereocenters. The van der Waals surface area contributed by atoms with Crippen molar-refractivity contribution in [2.45, 2.75) is 20.4 Å². The maximum atomic E-state index is 13.7. The molecule has 0 aliphatic carbocycles. The lowest BCUT2D eigenvalue weighted by Crippen LogP contribution is -2.32. The molecule has 0 bridgehead atoms. The van der Waals surface area contributed by atoms with Gasteiger partial charge in [0.2, 0.25) is 0 Å². The number of methoxy groups -OCH3 is 1. The van der Waals surface area contributed by atoms with E-state index in [1.54, 1.807) is 35.4 Å². The number of carbonyl (C=O) groups is 2. The van der Waals surface area contributed by atoms with Gasteiger partial charge in [-0.25, -0.2) is 9.78 Å². The predicted octanol–water partition coefficient (Wildman–Crippen LogP) is 4.94. The Labute approximate surface area is 184 Å². The van der Waals surface area contributed by atoms with Crippen LogP contribution in [0.2, 0.25) is 0 Å². The summed E-state index contributed by atoms with van der Waals surface area (Å²) in [6.45, 7) is 4.29. The van der Waals surface area contributed by atoms with E-state index in [-0.39, 0.29) is 23.6 Å². The van der Waals surface area contributed by atoms with Gasteiger partial charge in [-0.2, -0.15) is 0 Å². The third-order valence-corrected chi connectivity index (χ3v) is 6.20. The lowest BCUT2D eigenvalue weighted by atomic mass is 10.1. The average Bonchev–Trinajstić information content (AvgIpc) is 3.24. The zero-order valence-electron chi connectivity index (χ0n) is 17.5. The standard InChI is InChI=1S/C24H21N3O3S/c1-15-11-12-20-21(16(15)2)26-24(31-20)27(14-17-8-6-7-13-25-17)22(28)18-9-4-5-10-19(18)23(29)30-3/h4-13H,14H2,1-3H3. The molecule has 2 heterocycles. The minimum atomic E-state index is -0.558. The second kappa shape index (κ2) is 8.65. The quantitative estimate of drug-likeness (QED) is 0.419. The summed E-state index contributed by atoms with van der Waals surface area (Å²) in [5, 5.41) is 0.555. The van der Waals surface area contributed by atoms with Crippen molar-refractivity contribution in [3.8, 4) is 0 Å². The Bertz CT molecular complexity index is 1270. The lowest BCUT2D eigenvalue weighted by Gasteiger charge is -2.20. The van der Waals surface area contributed by atoms with Crippen molar-refractivity contribution in [3.05, 3.63) is 88.7 Å². The molecule has 0 radical (unpaired) electrons. The number of hydrogen-bond donors (Lipinski definition) is 0. The summed E-state index contributed by atoms with van der Waals surface area (Å²) in [5.41, 5.74) is 4.30. The number of aryl methyl sites for hydroxylation is 2. The number of rotatable bonds is 5. The van der Waals surface area contributed by atoms with E-state index in [0.29, 0.717) is 5.13 Å². The average molecular weight is 432 g/mol. The van der Waals surface area contributed by atoms with Crippen LogP contribution in [0.4, 0.5) is 5.13 Å². The van der Waals surface area contributed by atoms with E-state index in [1.165, 1.54) is 18.4 Å². The molecule has 2 aromatic heterocycles. The van der Waals surface area contributed by atoms with Crippen LogP contribution in [0.1, 0.15) is 37.5 Å². The molecule has 31 heavy (non-hydrogen) atoms. The van der Waals surface area contributed by atoms with Gasteiger partial charge in [0.15, 0.2) is 5.13 Å². The molecule has 1 amide bonds. The minimum absolute atomic E-state index is 0.217. The minimum Gasteiger partial charge on any atom is -0.465 e. The molecule has 0 saturated heterocycles. The fourth-order valence-corrected chi connectivity index (χ4v) is 4.34. The van der Waals surface area contributed by atoms with E-state index in [2.05, 4.69) is 11.1 Å². The maximum absolute atomic E-state index is 13.7. The van der Waals surface area contributed by atoms with Crippen LogP contribution in [0, 0.1) is 13.8 Å². The molecule has 0 spiro atoms. The third kappa shape index (κ3) is 4.04. The second-order valence-electron chi connectivity index (χ2n) is 7.10. The van der Waals surface area contributed by atoms with Gasteiger partial charge in [0.1, 0.15) is 0 Å². The summed E-state index contributed by atoms with van der Waals surface area (Å²) in [6.07, 6.45) is 1.69. The highest BCUT2D eigenvalue weighted by Gasteiger charge is 2.26. The van der Waals surface area contributed by atoms with Crippen molar-refractivity contribution in [1.82, 2.24) is 9.97 Å². The molecule has 0 fully saturated rings. The third-order valence-electron chi connectivity index (χ3n) is 5.16. The van der Waals surface area contributed by atoms with E-state index < -0.39 is 5.97 Å². The number of fused-ring (bicyclic) bond motifs is 1. The van der Waals surface area contributed by atoms with Gasteiger partial charge < -0.3 is 4.74 Å². The summed E-state index contributed by atoms with van der Waals surface area (Å²) in [4.78, 5) is 36.7. The topological polar surface area (TPSA) is 72.4 Å². The summed E-state index contributed by atoms with van der Waals surface area (Å²) in [6, 6.07) is 16.3. The number of hydrogen-bond acceptors (Lipinski definition) is 6. The van der Waals surface area contributed by atoms with Crippen LogP contribution in [0.15, 0.2) is 60.8 Å². The molecule has 4 rings (SSSR count). The molecule has 156 valence electrons. The number of thiazole rings is 1. The number of pyridine rings is 1. The number of anilines is 1. The molecule has 4 aromatic rings. The number of ether oxygens (including phenoxy) is 1. The fourth-order valence-electron chi connectivity index (χ4n) is 3.31. The van der Waals surface area contributed by atoms with Gasteiger partial charge in [-0.3, -0.25) is 14.7 Å². The zero-order chi connectivity index (χ0) is 22.0. The van der Waals surface area contributed by atoms with E-state index in [0.717, 1.165) is 27.0 Å². The summed E-state index contributed by atoms with van der Waals surface area (Å²) in [7, 11) is 1.30. The van der Waals surface area contributed by atoms with Crippen molar-refractivity contribution in [2.75, 3.05) is 12.0 Å². The SMILES string of the molecule is COC(=O)c1ccccc1C(=O)N(Cc1ccccn1)c1nc2c(C)c(C)ccc2s1. The first-order valence-corrected chi connectivity index (χ1v) is 10.6. The van der Waals surface area contributed by atoms with Gasteiger partial charge in [-0.15, -0.1) is 0 Å². The summed E-state index contributed by atoms with van der Waals surface area (Å²) in [5.74, 6) is -0.891. The zero-order valence-corrected chi connectivity index (χ0v) is 18.3. The van der Waals surface area contributed by atoms with Crippen molar-refractivity contribution in [1.29, 1.82) is 0 Å². The van der Waals surface area contributed by atoms with Gasteiger partial charge >= 0.3 is 5.97 Å². The first-order chi connectivity index (χ1) is 15.0. The molecule has 0 aliphatic heterocycles. The maximum Gasteiger partial charge on any atom is 0.338 e. The Morgan fingerprint density at radius 2 is 1.74 bits per heavy atom. The van der Waals surface area contributed by atoms with Crippen LogP contribution in [0.25, 0.3) is 10.2 Å². The smallest absolute Gasteiger partial charge is 0.338 e. The Kier molecular flexibility index (Phi) is 5.77. The Balaban J connectivity index is 1.84. The van der Waals surface area contributed by atoms with Crippen molar-refractivity contribution < 1.29 is 14.3 Å². The molecule has 2 aromatic carbocycles. The Morgan fingerprint density at radius 1 is 1.00 bits per heavy atom. The van der Waals surface area contributed by atoms with Gasteiger partial charge in [0.05, 0.1) is 40.7 Å². The lowest BCUT2D eigenvalue weighted by molar-refractivity contribution is 0.0597. The summed E-state index contributed by atoms with van der Waals surface area (Å²) < 4.78 is 5.87. The van der Waals surface area contributed by atoms with Crippen LogP contribution >= 0.6 is 11.3 Å². The highest BCUT2D eigenvalue weighted by Crippen LogP contribution is 2.33. The Morgan fingerprint density at radius 3 is 2.45 bits per heavy atom. The van der Waals surface area contributed by atoms with Crippen LogP contribution in [-0.4, -0.2) is 29.0 Å². The largest absolute Gasteiger partial charge is 0.465 e. The van der Waals surface area contributed by atoms with Crippen LogP contribution < -0.4 is 4.90 Å². The number of carbonyl (C=O) groups excluding carboxylic acids is 2. The number of esters is 1. The van der Waals surface area contributed by atoms with Crippen LogP contribution in [0.5, 0.6) is 0 Å². The van der Waals surface area contributed by atoms with Gasteiger partial charge in [0, 0.05) is 6.20 Å². The predicted molar refractivity (Wildman–Crippen MR) is 122 cm³/mol. The monoisotopic (exact) mass is 431 g/mol. The highest BCUT2D eigenvalue weighted by molar-refractivity contribution is 7.22. The normalized spacial score (nSPS) is 10.8. The molecule has 6 nitrogen and oxygen atoms in total. The molecule has 0 aliphatic rings. The Hall–Kier alpha value is -3.58. The van der Waals surface area contributed by atoms with E-state index >= 15 is 0 Å². The van der Waals surface area contributed by atoms with Gasteiger partial charge in [0.25, 0.3) is 5.91 Å².